The van der Waals surface area contributed by atoms with Crippen molar-refractivity contribution in [1.82, 2.24) is 15.1 Å². The van der Waals surface area contributed by atoms with E-state index in [2.05, 4.69) is 10.4 Å². The van der Waals surface area contributed by atoms with Gasteiger partial charge < -0.3 is 10.1 Å². The first-order chi connectivity index (χ1) is 15.0. The van der Waals surface area contributed by atoms with Crippen molar-refractivity contribution in [3.63, 3.8) is 0 Å². The van der Waals surface area contributed by atoms with E-state index in [-0.39, 0.29) is 24.4 Å². The molecule has 160 valence electrons. The number of rotatable bonds is 6. The van der Waals surface area contributed by atoms with Crippen molar-refractivity contribution in [3.05, 3.63) is 76.2 Å². The van der Waals surface area contributed by atoms with Crippen molar-refractivity contribution >= 4 is 22.6 Å². The van der Waals surface area contributed by atoms with E-state index in [1.807, 2.05) is 30.3 Å². The van der Waals surface area contributed by atoms with Gasteiger partial charge in [-0.15, -0.1) is 0 Å². The Hall–Kier alpha value is -3.48. The van der Waals surface area contributed by atoms with Crippen LogP contribution in [0.3, 0.4) is 0 Å². The van der Waals surface area contributed by atoms with Crippen molar-refractivity contribution in [2.75, 3.05) is 6.61 Å². The number of fused-ring (bicyclic) bond motifs is 1. The van der Waals surface area contributed by atoms with E-state index in [1.165, 1.54) is 4.68 Å². The average Bonchev–Trinajstić information content (AvgIpc) is 3.26. The standard InChI is InChI=1S/C24H25N3O4/c1-2-31-23(30)24(14-8-9-15-24)25-21(28)20-18-12-6-7-13-19(18)22(29)27(26-20)16-17-10-4-3-5-11-17/h3-7,10-13H,2,8-9,14-16H2,1H3,(H,25,28). The zero-order valence-corrected chi connectivity index (χ0v) is 17.5. The zero-order valence-electron chi connectivity index (χ0n) is 17.5. The molecule has 1 amide bonds. The maximum absolute atomic E-state index is 13.3. The van der Waals surface area contributed by atoms with Gasteiger partial charge in [-0.05, 0) is 31.4 Å². The first-order valence-corrected chi connectivity index (χ1v) is 10.6. The summed E-state index contributed by atoms with van der Waals surface area (Å²) >= 11 is 0. The molecule has 4 rings (SSSR count). The number of benzene rings is 2. The summed E-state index contributed by atoms with van der Waals surface area (Å²) in [6.45, 7) is 2.24. The van der Waals surface area contributed by atoms with Crippen LogP contribution in [0.2, 0.25) is 0 Å². The molecular formula is C24H25N3O4. The van der Waals surface area contributed by atoms with Crippen LogP contribution in [-0.2, 0) is 16.1 Å². The summed E-state index contributed by atoms with van der Waals surface area (Å²) in [4.78, 5) is 39.0. The summed E-state index contributed by atoms with van der Waals surface area (Å²) < 4.78 is 6.55. The molecule has 0 unspecified atom stereocenters. The fourth-order valence-corrected chi connectivity index (χ4v) is 4.17. The Morgan fingerprint density at radius 1 is 1.03 bits per heavy atom. The predicted octanol–water partition coefficient (Wildman–Crippen LogP) is 3.05. The van der Waals surface area contributed by atoms with Crippen LogP contribution in [0.15, 0.2) is 59.4 Å². The van der Waals surface area contributed by atoms with Crippen LogP contribution in [0, 0.1) is 0 Å². The van der Waals surface area contributed by atoms with Gasteiger partial charge in [0.25, 0.3) is 11.5 Å². The largest absolute Gasteiger partial charge is 0.464 e. The molecule has 1 aliphatic rings. The lowest BCUT2D eigenvalue weighted by atomic mass is 9.97. The van der Waals surface area contributed by atoms with Crippen LogP contribution in [0.1, 0.15) is 48.7 Å². The Balaban J connectivity index is 1.75. The Kier molecular flexibility index (Phi) is 5.84. The van der Waals surface area contributed by atoms with Crippen molar-refractivity contribution in [3.8, 4) is 0 Å². The zero-order chi connectivity index (χ0) is 21.8. The normalized spacial score (nSPS) is 15.0. The van der Waals surface area contributed by atoms with Crippen LogP contribution in [0.4, 0.5) is 0 Å². The minimum atomic E-state index is -1.05. The molecule has 0 saturated heterocycles. The van der Waals surface area contributed by atoms with Gasteiger partial charge in [0, 0.05) is 5.39 Å². The number of carbonyl (C=O) groups excluding carboxylic acids is 2. The van der Waals surface area contributed by atoms with Crippen molar-refractivity contribution < 1.29 is 14.3 Å². The van der Waals surface area contributed by atoms with Gasteiger partial charge in [-0.25, -0.2) is 9.48 Å². The van der Waals surface area contributed by atoms with Crippen molar-refractivity contribution in [1.29, 1.82) is 0 Å². The number of esters is 1. The van der Waals surface area contributed by atoms with Crippen LogP contribution in [0.5, 0.6) is 0 Å². The molecule has 1 N–H and O–H groups in total. The van der Waals surface area contributed by atoms with E-state index < -0.39 is 17.4 Å². The lowest BCUT2D eigenvalue weighted by Gasteiger charge is -2.27. The number of hydrogen-bond donors (Lipinski definition) is 1. The summed E-state index contributed by atoms with van der Waals surface area (Å²) in [6.07, 6.45) is 2.72. The molecule has 1 heterocycles. The Bertz CT molecular complexity index is 1160. The third-order valence-electron chi connectivity index (χ3n) is 5.73. The summed E-state index contributed by atoms with van der Waals surface area (Å²) in [5.41, 5.74) is -0.285. The van der Waals surface area contributed by atoms with Crippen LogP contribution >= 0.6 is 0 Å². The molecular weight excluding hydrogens is 394 g/mol. The molecule has 2 aromatic carbocycles. The molecule has 1 aliphatic carbocycles. The van der Waals surface area contributed by atoms with Crippen molar-refractivity contribution in [2.45, 2.75) is 44.7 Å². The van der Waals surface area contributed by atoms with Gasteiger partial charge in [0.2, 0.25) is 0 Å². The maximum Gasteiger partial charge on any atom is 0.331 e. The summed E-state index contributed by atoms with van der Waals surface area (Å²) in [5.74, 6) is -0.893. The molecule has 1 saturated carbocycles. The van der Waals surface area contributed by atoms with Gasteiger partial charge in [0.1, 0.15) is 5.54 Å². The smallest absolute Gasteiger partial charge is 0.331 e. The lowest BCUT2D eigenvalue weighted by Crippen LogP contribution is -2.53. The SMILES string of the molecule is CCOC(=O)C1(NC(=O)c2nn(Cc3ccccc3)c(=O)c3ccccc23)CCCC1. The van der Waals surface area contributed by atoms with Crippen LogP contribution in [0.25, 0.3) is 10.8 Å². The molecule has 3 aromatic rings. The minimum absolute atomic E-state index is 0.127. The van der Waals surface area contributed by atoms with E-state index in [9.17, 15) is 14.4 Å². The summed E-state index contributed by atoms with van der Waals surface area (Å²) in [7, 11) is 0. The highest BCUT2D eigenvalue weighted by atomic mass is 16.5. The second-order valence-corrected chi connectivity index (χ2v) is 7.81. The molecule has 0 spiro atoms. The highest BCUT2D eigenvalue weighted by Gasteiger charge is 2.44. The number of carbonyl (C=O) groups is 2. The molecule has 7 heteroatoms. The fraction of sp³-hybridized carbons (Fsp3) is 0.333. The monoisotopic (exact) mass is 419 g/mol. The van der Waals surface area contributed by atoms with Crippen LogP contribution < -0.4 is 10.9 Å². The third kappa shape index (κ3) is 4.08. The Labute approximate surface area is 180 Å². The number of ether oxygens (including phenoxy) is 1. The molecule has 7 nitrogen and oxygen atoms in total. The van der Waals surface area contributed by atoms with E-state index in [1.54, 1.807) is 31.2 Å². The number of nitrogens with zero attached hydrogens (tertiary/aromatic N) is 2. The second-order valence-electron chi connectivity index (χ2n) is 7.81. The minimum Gasteiger partial charge on any atom is -0.464 e. The van der Waals surface area contributed by atoms with Crippen molar-refractivity contribution in [2.24, 2.45) is 0 Å². The highest BCUT2D eigenvalue weighted by molar-refractivity contribution is 6.06. The number of amides is 1. The number of hydrogen-bond acceptors (Lipinski definition) is 5. The maximum atomic E-state index is 13.3. The molecule has 0 bridgehead atoms. The number of nitrogens with one attached hydrogen (secondary N) is 1. The number of aromatic nitrogens is 2. The molecule has 1 aromatic heterocycles. The molecule has 1 fully saturated rings. The summed E-state index contributed by atoms with van der Waals surface area (Å²) in [5, 5.41) is 8.20. The Morgan fingerprint density at radius 3 is 2.35 bits per heavy atom. The van der Waals surface area contributed by atoms with E-state index >= 15 is 0 Å². The van der Waals surface area contributed by atoms with Gasteiger partial charge >= 0.3 is 5.97 Å². The summed E-state index contributed by atoms with van der Waals surface area (Å²) in [6, 6.07) is 16.4. The topological polar surface area (TPSA) is 90.3 Å². The van der Waals surface area contributed by atoms with Gasteiger partial charge in [-0.2, -0.15) is 5.10 Å². The first-order valence-electron chi connectivity index (χ1n) is 10.6. The van der Waals surface area contributed by atoms with Gasteiger partial charge in [0.15, 0.2) is 5.69 Å². The molecule has 31 heavy (non-hydrogen) atoms. The first kappa shape index (κ1) is 20.8. The Morgan fingerprint density at radius 2 is 1.68 bits per heavy atom. The quantitative estimate of drug-likeness (QED) is 0.620. The van der Waals surface area contributed by atoms with Gasteiger partial charge in [-0.1, -0.05) is 61.4 Å². The van der Waals surface area contributed by atoms with Crippen LogP contribution in [-0.4, -0.2) is 33.8 Å². The van der Waals surface area contributed by atoms with E-state index in [4.69, 9.17) is 4.74 Å². The molecule has 0 atom stereocenters. The third-order valence-corrected chi connectivity index (χ3v) is 5.73. The predicted molar refractivity (Wildman–Crippen MR) is 117 cm³/mol. The van der Waals surface area contributed by atoms with E-state index in [0.29, 0.717) is 23.6 Å². The average molecular weight is 419 g/mol. The molecule has 0 aliphatic heterocycles. The molecule has 0 radical (unpaired) electrons. The fourth-order valence-electron chi connectivity index (χ4n) is 4.17. The highest BCUT2D eigenvalue weighted by Crippen LogP contribution is 2.31. The lowest BCUT2D eigenvalue weighted by molar-refractivity contribution is -0.150. The van der Waals surface area contributed by atoms with E-state index in [0.717, 1.165) is 18.4 Å². The second kappa shape index (κ2) is 8.71. The van der Waals surface area contributed by atoms with Gasteiger partial charge in [0.05, 0.1) is 18.5 Å². The van der Waals surface area contributed by atoms with Gasteiger partial charge in [-0.3, -0.25) is 9.59 Å².